The van der Waals surface area contributed by atoms with Gasteiger partial charge in [0.2, 0.25) is 0 Å². The average molecular weight is 433 g/mol. The zero-order valence-corrected chi connectivity index (χ0v) is 20.6. The summed E-state index contributed by atoms with van der Waals surface area (Å²) >= 11 is 0. The van der Waals surface area contributed by atoms with Gasteiger partial charge in [0.15, 0.2) is 8.87 Å². The van der Waals surface area contributed by atoms with E-state index in [2.05, 4.69) is 6.92 Å². The Morgan fingerprint density at radius 3 is 1.68 bits per heavy atom. The van der Waals surface area contributed by atoms with Crippen molar-refractivity contribution in [2.45, 2.75) is 116 Å². The van der Waals surface area contributed by atoms with Gasteiger partial charge in [-0.1, -0.05) is 64.7 Å². The molecule has 4 nitrogen and oxygen atoms in total. The van der Waals surface area contributed by atoms with Gasteiger partial charge in [0, 0.05) is 12.0 Å². The molecule has 1 aliphatic rings. The van der Waals surface area contributed by atoms with E-state index >= 15 is 0 Å². The third-order valence-electron chi connectivity index (χ3n) is 6.05. The Bertz CT molecular complexity index is 609. The van der Waals surface area contributed by atoms with E-state index in [-0.39, 0.29) is 0 Å². The number of nitrogens with zero attached hydrogens (tertiary/aromatic N) is 1. The highest BCUT2D eigenvalue weighted by Gasteiger charge is 2.51. The Morgan fingerprint density at radius 2 is 1.21 bits per heavy atom. The molecule has 0 aliphatic carbocycles. The minimum absolute atomic E-state index is 0.390. The molecule has 0 aromatic heterocycles. The molecule has 0 bridgehead atoms. The molecular weight excluding hydrogens is 390 g/mol. The van der Waals surface area contributed by atoms with Crippen LogP contribution in [0.2, 0.25) is 0 Å². The smallest absolute Gasteiger partial charge is 0.199 e. The van der Waals surface area contributed by atoms with E-state index in [4.69, 9.17) is 0 Å². The molecule has 0 N–H and O–H groups in total. The molecule has 1 radical (unpaired) electrons. The second-order valence-corrected chi connectivity index (χ2v) is 13.7. The molecule has 0 fully saturated rings. The molecule has 1 heterocycles. The van der Waals surface area contributed by atoms with Gasteiger partial charge >= 0.3 is 0 Å². The molecule has 28 heavy (non-hydrogen) atoms. The summed E-state index contributed by atoms with van der Waals surface area (Å²) in [4.78, 5) is 0. The maximum Gasteiger partial charge on any atom is 0.199 e. The van der Waals surface area contributed by atoms with E-state index in [0.29, 0.717) is 5.75 Å². The first-order valence-electron chi connectivity index (χ1n) is 11.0. The Kier molecular flexibility index (Phi) is 10.6. The van der Waals surface area contributed by atoms with Gasteiger partial charge in [-0.2, -0.15) is 0 Å². The van der Waals surface area contributed by atoms with Crippen molar-refractivity contribution < 1.29 is 13.6 Å². The molecule has 0 unspecified atom stereocenters. The van der Waals surface area contributed by atoms with Gasteiger partial charge in [0.25, 0.3) is 0 Å². The fourth-order valence-electron chi connectivity index (χ4n) is 4.36. The molecule has 0 atom stereocenters. The molecule has 1 aliphatic heterocycles. The summed E-state index contributed by atoms with van der Waals surface area (Å²) in [6.45, 7) is 10.0. The number of rotatable bonds is 14. The van der Waals surface area contributed by atoms with Gasteiger partial charge in [0.05, 0.1) is 11.1 Å². The molecule has 165 valence electrons. The van der Waals surface area contributed by atoms with E-state index in [1.54, 1.807) is 0 Å². The van der Waals surface area contributed by atoms with Crippen molar-refractivity contribution in [1.29, 1.82) is 0 Å². The average Bonchev–Trinajstić information content (AvgIpc) is 2.71. The zero-order valence-electron chi connectivity index (χ0n) is 19.0. The molecular formula is C22H42NO3S2. The number of hydrogen-bond donors (Lipinski definition) is 0. The standard InChI is InChI=1S/C22H42NO3S2/c1-7-8-9-10-11-12-13-14-15-16-17-19-20(18-27-28(6,25)26)22(4,5)23(24)21(19,2)3/h7-18H2,1-6H3. The molecule has 0 amide bonds. The molecule has 0 saturated heterocycles. The van der Waals surface area contributed by atoms with Crippen molar-refractivity contribution in [2.75, 3.05) is 12.0 Å². The van der Waals surface area contributed by atoms with Gasteiger partial charge in [0.1, 0.15) is 0 Å². The van der Waals surface area contributed by atoms with Crippen LogP contribution in [0.4, 0.5) is 0 Å². The van der Waals surface area contributed by atoms with Crippen LogP contribution >= 0.6 is 10.8 Å². The van der Waals surface area contributed by atoms with Crippen molar-refractivity contribution in [2.24, 2.45) is 0 Å². The maximum atomic E-state index is 12.9. The first-order valence-corrected chi connectivity index (χ1v) is 14.4. The molecule has 6 heteroatoms. The fourth-order valence-corrected chi connectivity index (χ4v) is 6.21. The van der Waals surface area contributed by atoms with Crippen LogP contribution in [0.15, 0.2) is 11.1 Å². The summed E-state index contributed by atoms with van der Waals surface area (Å²) in [6.07, 6.45) is 15.0. The summed E-state index contributed by atoms with van der Waals surface area (Å²) in [7, 11) is -2.18. The molecule has 0 aromatic rings. The Morgan fingerprint density at radius 1 is 0.786 bits per heavy atom. The van der Waals surface area contributed by atoms with E-state index in [9.17, 15) is 13.6 Å². The molecule has 1 rings (SSSR count). The summed E-state index contributed by atoms with van der Waals surface area (Å²) in [5.74, 6) is 0.390. The number of hydrogen-bond acceptors (Lipinski definition) is 4. The maximum absolute atomic E-state index is 12.9. The van der Waals surface area contributed by atoms with Crippen LogP contribution in [-0.4, -0.2) is 36.6 Å². The van der Waals surface area contributed by atoms with Gasteiger partial charge in [-0.05, 0) is 62.5 Å². The first-order chi connectivity index (χ1) is 12.9. The van der Waals surface area contributed by atoms with Crippen LogP contribution in [0.3, 0.4) is 0 Å². The monoisotopic (exact) mass is 432 g/mol. The predicted molar refractivity (Wildman–Crippen MR) is 121 cm³/mol. The van der Waals surface area contributed by atoms with Crippen molar-refractivity contribution >= 4 is 19.7 Å². The van der Waals surface area contributed by atoms with Gasteiger partial charge < -0.3 is 0 Å². The lowest BCUT2D eigenvalue weighted by atomic mass is 9.87. The quantitative estimate of drug-likeness (QED) is 0.178. The SMILES string of the molecule is CCCCCCCCCCCCC1=C(CSS(C)(=O)=O)C(C)(C)N([O])C1(C)C. The Hall–Kier alpha value is -0.0400. The van der Waals surface area contributed by atoms with Crippen LogP contribution in [0, 0.1) is 0 Å². The third-order valence-corrected chi connectivity index (χ3v) is 8.53. The lowest BCUT2D eigenvalue weighted by Gasteiger charge is -2.34. The number of hydroxylamine groups is 2. The summed E-state index contributed by atoms with van der Waals surface area (Å²) in [6, 6.07) is 0. The Balaban J connectivity index is 2.55. The topological polar surface area (TPSA) is 57.3 Å². The van der Waals surface area contributed by atoms with Crippen LogP contribution in [0.1, 0.15) is 105 Å². The molecule has 0 spiro atoms. The molecule has 0 saturated carbocycles. The highest BCUT2D eigenvalue weighted by molar-refractivity contribution is 8.71. The van der Waals surface area contributed by atoms with Crippen LogP contribution in [0.5, 0.6) is 0 Å². The minimum Gasteiger partial charge on any atom is -0.218 e. The van der Waals surface area contributed by atoms with Gasteiger partial charge in [-0.3, -0.25) is 0 Å². The van der Waals surface area contributed by atoms with Crippen molar-refractivity contribution in [3.8, 4) is 0 Å². The fraction of sp³-hybridized carbons (Fsp3) is 0.909. The minimum atomic E-state index is -3.12. The molecule has 0 aromatic carbocycles. The van der Waals surface area contributed by atoms with Crippen molar-refractivity contribution in [3.05, 3.63) is 11.1 Å². The largest absolute Gasteiger partial charge is 0.218 e. The number of unbranched alkanes of at least 4 members (excludes halogenated alkanes) is 9. The van der Waals surface area contributed by atoms with Gasteiger partial charge in [-0.15, -0.1) is 10.3 Å². The zero-order chi connectivity index (χ0) is 21.4. The second kappa shape index (κ2) is 11.4. The lowest BCUT2D eigenvalue weighted by molar-refractivity contribution is -0.240. The first kappa shape index (κ1) is 26.0. The van der Waals surface area contributed by atoms with Crippen molar-refractivity contribution in [3.63, 3.8) is 0 Å². The van der Waals surface area contributed by atoms with E-state index < -0.39 is 19.9 Å². The van der Waals surface area contributed by atoms with Crippen LogP contribution < -0.4 is 0 Å². The van der Waals surface area contributed by atoms with Gasteiger partial charge in [-0.25, -0.2) is 8.42 Å². The summed E-state index contributed by atoms with van der Waals surface area (Å²) in [5.41, 5.74) is 0.965. The van der Waals surface area contributed by atoms with E-state index in [0.717, 1.165) is 34.8 Å². The van der Waals surface area contributed by atoms with Crippen LogP contribution in [0.25, 0.3) is 0 Å². The lowest BCUT2D eigenvalue weighted by Crippen LogP contribution is -2.47. The summed E-state index contributed by atoms with van der Waals surface area (Å²) in [5, 5.41) is 14.1. The van der Waals surface area contributed by atoms with Crippen molar-refractivity contribution in [1.82, 2.24) is 5.06 Å². The second-order valence-electron chi connectivity index (χ2n) is 9.27. The third kappa shape index (κ3) is 7.66. The van der Waals surface area contributed by atoms with E-state index in [1.165, 1.54) is 69.1 Å². The summed E-state index contributed by atoms with van der Waals surface area (Å²) < 4.78 is 23.3. The highest BCUT2D eigenvalue weighted by atomic mass is 33.1. The highest BCUT2D eigenvalue weighted by Crippen LogP contribution is 2.47. The normalized spacial score (nSPS) is 19.5. The predicted octanol–water partition coefficient (Wildman–Crippen LogP) is 6.51. The van der Waals surface area contributed by atoms with Crippen LogP contribution in [-0.2, 0) is 14.1 Å². The Labute approximate surface area is 177 Å². The van der Waals surface area contributed by atoms with E-state index in [1.807, 2.05) is 27.7 Å².